The van der Waals surface area contributed by atoms with Crippen LogP contribution in [0.3, 0.4) is 0 Å². The fourth-order valence-corrected chi connectivity index (χ4v) is 1.52. The second kappa shape index (κ2) is 4.78. The van der Waals surface area contributed by atoms with Crippen LogP contribution in [-0.2, 0) is 0 Å². The Morgan fingerprint density at radius 2 is 1.13 bits per heavy atom. The number of rotatable bonds is 3. The quantitative estimate of drug-likeness (QED) is 0.710. The van der Waals surface area contributed by atoms with E-state index in [9.17, 15) is 0 Å². The summed E-state index contributed by atoms with van der Waals surface area (Å²) in [7, 11) is 0. The monoisotopic (exact) mass is 205 g/mol. The fraction of sp³-hybridized carbons (Fsp3) is 0.643. The lowest BCUT2D eigenvalue weighted by Gasteiger charge is -2.15. The molecule has 0 aromatic carbocycles. The summed E-state index contributed by atoms with van der Waals surface area (Å²) in [5.74, 6) is 1.62. The first kappa shape index (κ1) is 12.2. The van der Waals surface area contributed by atoms with Crippen molar-refractivity contribution < 1.29 is 0 Å². The van der Waals surface area contributed by atoms with Crippen molar-refractivity contribution in [3.8, 4) is 0 Å². The summed E-state index contributed by atoms with van der Waals surface area (Å²) >= 11 is 0. The van der Waals surface area contributed by atoms with Crippen LogP contribution in [-0.4, -0.2) is 4.98 Å². The Kier molecular flexibility index (Phi) is 3.90. The zero-order valence-electron chi connectivity index (χ0n) is 10.8. The van der Waals surface area contributed by atoms with Crippen molar-refractivity contribution in [2.24, 2.45) is 0 Å². The van der Waals surface area contributed by atoms with Crippen molar-refractivity contribution in [1.29, 1.82) is 0 Å². The molecule has 0 saturated carbocycles. The molecular formula is C14H23N. The third-order valence-electron chi connectivity index (χ3n) is 2.74. The highest BCUT2D eigenvalue weighted by Crippen LogP contribution is 2.23. The lowest BCUT2D eigenvalue weighted by Crippen LogP contribution is -2.02. The Labute approximate surface area is 93.9 Å². The Morgan fingerprint density at radius 3 is 1.40 bits per heavy atom. The standard InChI is InChI=1S/C14H23N/c1-9(2)12-7-13(10(3)4)15-14(8-12)11(5)6/h7-11H,1-6H3. The van der Waals surface area contributed by atoms with E-state index >= 15 is 0 Å². The van der Waals surface area contributed by atoms with Gasteiger partial charge in [0.2, 0.25) is 0 Å². The summed E-state index contributed by atoms with van der Waals surface area (Å²) in [6.45, 7) is 13.3. The van der Waals surface area contributed by atoms with Gasteiger partial charge >= 0.3 is 0 Å². The average Bonchev–Trinajstić information content (AvgIpc) is 2.16. The smallest absolute Gasteiger partial charge is 0.0435 e. The van der Waals surface area contributed by atoms with Crippen LogP contribution >= 0.6 is 0 Å². The molecule has 1 nitrogen and oxygen atoms in total. The van der Waals surface area contributed by atoms with Gasteiger partial charge in [-0.15, -0.1) is 0 Å². The first-order valence-electron chi connectivity index (χ1n) is 5.93. The lowest BCUT2D eigenvalue weighted by molar-refractivity contribution is 0.747. The van der Waals surface area contributed by atoms with E-state index in [4.69, 9.17) is 4.98 Å². The number of aromatic nitrogens is 1. The topological polar surface area (TPSA) is 12.9 Å². The zero-order valence-corrected chi connectivity index (χ0v) is 10.8. The van der Waals surface area contributed by atoms with Crippen molar-refractivity contribution in [2.75, 3.05) is 0 Å². The van der Waals surface area contributed by atoms with Crippen molar-refractivity contribution in [1.82, 2.24) is 4.98 Å². The van der Waals surface area contributed by atoms with Gasteiger partial charge in [0, 0.05) is 11.4 Å². The van der Waals surface area contributed by atoms with Gasteiger partial charge in [-0.25, -0.2) is 0 Å². The van der Waals surface area contributed by atoms with E-state index in [1.165, 1.54) is 17.0 Å². The lowest BCUT2D eigenvalue weighted by atomic mass is 9.96. The van der Waals surface area contributed by atoms with Crippen molar-refractivity contribution in [3.63, 3.8) is 0 Å². The van der Waals surface area contributed by atoms with E-state index in [1.807, 2.05) is 0 Å². The summed E-state index contributed by atoms with van der Waals surface area (Å²) in [5.41, 5.74) is 3.87. The Bertz CT molecular complexity index is 259. The van der Waals surface area contributed by atoms with Gasteiger partial charge in [0.25, 0.3) is 0 Å². The number of hydrogen-bond acceptors (Lipinski definition) is 1. The van der Waals surface area contributed by atoms with Crippen LogP contribution in [0, 0.1) is 0 Å². The van der Waals surface area contributed by atoms with Crippen molar-refractivity contribution >= 4 is 0 Å². The van der Waals surface area contributed by atoms with Gasteiger partial charge in [-0.3, -0.25) is 4.98 Å². The average molecular weight is 205 g/mol. The molecule has 1 aromatic rings. The molecule has 0 amide bonds. The second-order valence-electron chi connectivity index (χ2n) is 5.21. The van der Waals surface area contributed by atoms with Crippen LogP contribution in [0.1, 0.15) is 76.2 Å². The van der Waals surface area contributed by atoms with E-state index < -0.39 is 0 Å². The van der Waals surface area contributed by atoms with Gasteiger partial charge in [0.1, 0.15) is 0 Å². The molecule has 0 N–H and O–H groups in total. The number of pyridine rings is 1. The predicted molar refractivity (Wildman–Crippen MR) is 66.5 cm³/mol. The van der Waals surface area contributed by atoms with Crippen molar-refractivity contribution in [2.45, 2.75) is 59.3 Å². The largest absolute Gasteiger partial charge is 0.257 e. The highest BCUT2D eigenvalue weighted by Gasteiger charge is 2.10. The normalized spacial score (nSPS) is 11.8. The van der Waals surface area contributed by atoms with Gasteiger partial charge < -0.3 is 0 Å². The molecule has 0 bridgehead atoms. The van der Waals surface area contributed by atoms with Crippen molar-refractivity contribution in [3.05, 3.63) is 29.1 Å². The summed E-state index contributed by atoms with van der Waals surface area (Å²) in [6, 6.07) is 4.50. The first-order valence-corrected chi connectivity index (χ1v) is 5.93. The maximum Gasteiger partial charge on any atom is 0.0435 e. The molecule has 0 radical (unpaired) electrons. The molecule has 15 heavy (non-hydrogen) atoms. The molecule has 1 heterocycles. The molecule has 84 valence electrons. The van der Waals surface area contributed by atoms with Gasteiger partial charge in [-0.05, 0) is 35.4 Å². The summed E-state index contributed by atoms with van der Waals surface area (Å²) < 4.78 is 0. The molecule has 1 rings (SSSR count). The molecule has 0 aliphatic heterocycles. The van der Waals surface area contributed by atoms with Gasteiger partial charge in [-0.2, -0.15) is 0 Å². The first-order chi connectivity index (χ1) is 6.91. The van der Waals surface area contributed by atoms with Crippen LogP contribution < -0.4 is 0 Å². The molecule has 0 spiro atoms. The van der Waals surface area contributed by atoms with Gasteiger partial charge in [-0.1, -0.05) is 41.5 Å². The molecule has 0 saturated heterocycles. The molecule has 0 fully saturated rings. The summed E-state index contributed by atoms with van der Waals surface area (Å²) in [4.78, 5) is 4.71. The Morgan fingerprint density at radius 1 is 0.733 bits per heavy atom. The number of nitrogens with zero attached hydrogens (tertiary/aromatic N) is 1. The molecule has 1 aromatic heterocycles. The third kappa shape index (κ3) is 3.05. The molecular weight excluding hydrogens is 182 g/mol. The van der Waals surface area contributed by atoms with Crippen LogP contribution in [0.2, 0.25) is 0 Å². The van der Waals surface area contributed by atoms with E-state index in [1.54, 1.807) is 0 Å². The fourth-order valence-electron chi connectivity index (χ4n) is 1.52. The van der Waals surface area contributed by atoms with Crippen LogP contribution in [0.5, 0.6) is 0 Å². The predicted octanol–water partition coefficient (Wildman–Crippen LogP) is 4.45. The molecule has 1 heteroatoms. The SMILES string of the molecule is CC(C)c1cc(C(C)C)nc(C(C)C)c1. The van der Waals surface area contributed by atoms with E-state index in [-0.39, 0.29) is 0 Å². The number of hydrogen-bond donors (Lipinski definition) is 0. The Hall–Kier alpha value is -0.850. The minimum Gasteiger partial charge on any atom is -0.257 e. The second-order valence-corrected chi connectivity index (χ2v) is 5.21. The maximum absolute atomic E-state index is 4.71. The zero-order chi connectivity index (χ0) is 11.6. The van der Waals surface area contributed by atoms with Gasteiger partial charge in [0.05, 0.1) is 0 Å². The summed E-state index contributed by atoms with van der Waals surface area (Å²) in [5, 5.41) is 0. The van der Waals surface area contributed by atoms with E-state index in [0.717, 1.165) is 0 Å². The Balaban J connectivity index is 3.20. The van der Waals surface area contributed by atoms with E-state index in [2.05, 4.69) is 53.7 Å². The third-order valence-corrected chi connectivity index (χ3v) is 2.74. The van der Waals surface area contributed by atoms with Crippen LogP contribution in [0.4, 0.5) is 0 Å². The minimum absolute atomic E-state index is 0.515. The van der Waals surface area contributed by atoms with Crippen LogP contribution in [0.25, 0.3) is 0 Å². The molecule has 0 atom stereocenters. The molecule has 0 aliphatic carbocycles. The highest BCUT2D eigenvalue weighted by molar-refractivity contribution is 5.27. The van der Waals surface area contributed by atoms with E-state index in [0.29, 0.717) is 17.8 Å². The maximum atomic E-state index is 4.71. The van der Waals surface area contributed by atoms with Crippen LogP contribution in [0.15, 0.2) is 12.1 Å². The highest BCUT2D eigenvalue weighted by atomic mass is 14.7. The van der Waals surface area contributed by atoms with Gasteiger partial charge in [0.15, 0.2) is 0 Å². The summed E-state index contributed by atoms with van der Waals surface area (Å²) in [6.07, 6.45) is 0. The molecule has 0 aliphatic rings. The molecule has 0 unspecified atom stereocenters. The minimum atomic E-state index is 0.515.